The van der Waals surface area contributed by atoms with Crippen molar-refractivity contribution in [2.24, 2.45) is 22.2 Å². The average molecular weight is 953 g/mol. The largest absolute Gasteiger partial charge is 0.465 e. The van der Waals surface area contributed by atoms with Crippen LogP contribution in [-0.2, 0) is 62.0 Å². The highest BCUT2D eigenvalue weighted by molar-refractivity contribution is 5.87. The van der Waals surface area contributed by atoms with Gasteiger partial charge in [-0.25, -0.2) is 43.8 Å². The molecule has 0 spiro atoms. The first kappa shape index (κ1) is 62.4. The molecule has 1 aliphatic rings. The van der Waals surface area contributed by atoms with Crippen LogP contribution in [0.4, 0.5) is 14.4 Å². The summed E-state index contributed by atoms with van der Waals surface area (Å²) in [7, 11) is 0. The van der Waals surface area contributed by atoms with E-state index in [0.29, 0.717) is 19.6 Å². The number of nitrogens with one attached hydrogen (secondary N) is 4. The number of amides is 3. The highest BCUT2D eigenvalue weighted by atomic mass is 16.7. The number of alkyl carbamates (subject to hydrolysis) is 1. The summed E-state index contributed by atoms with van der Waals surface area (Å²) in [5.74, 6) is -4.24. The average Bonchev–Trinajstić information content (AvgIpc) is 3.27. The smallest absolute Gasteiger partial charge is 0.431 e. The van der Waals surface area contributed by atoms with E-state index in [0.717, 1.165) is 37.1 Å². The van der Waals surface area contributed by atoms with Gasteiger partial charge in [-0.05, 0) is 49.9 Å². The van der Waals surface area contributed by atoms with Crippen molar-refractivity contribution in [2.45, 2.75) is 87.6 Å². The molecule has 2 unspecified atom stereocenters. The number of hydrogen-bond donors (Lipinski definition) is 5. The minimum atomic E-state index is -1.48. The Balaban J connectivity index is 0. The van der Waals surface area contributed by atoms with E-state index in [1.165, 1.54) is 6.92 Å². The van der Waals surface area contributed by atoms with Crippen LogP contribution in [0, 0.1) is 22.2 Å². The number of esters is 5. The number of carbonyl (C=O) groups is 8. The van der Waals surface area contributed by atoms with E-state index in [-0.39, 0.29) is 35.3 Å². The standard InChI is InChI=1S/C41H59N3O15.C3H7NO2.C2H6/c1-12-32(45)55-24-41(25-56-33(46)13-2,26-57-34(47)14-3)23-52-19-30(29(8)58-35(48)15-4)20-53-36(49)28(7)44-59-37(50)42-22-40(11)17-31(16-39(9,10)21-40)43-38(51)54-18-27(5)6;1-2-4-3(5)6;1-2/h12-15,27,31,44H,1-4,7,16-26H2,5-6,8-11H3,(H,42,50)(H,43,51);4H,2H2,1H3,(H,5,6);1-2H3. The molecule has 0 aromatic carbocycles. The first-order valence-electron chi connectivity index (χ1n) is 21.3. The lowest BCUT2D eigenvalue weighted by molar-refractivity contribution is -0.161. The van der Waals surface area contributed by atoms with E-state index in [1.54, 1.807) is 6.92 Å². The topological polar surface area (TPSA) is 279 Å². The molecule has 1 fully saturated rings. The summed E-state index contributed by atoms with van der Waals surface area (Å²) >= 11 is 0. The predicted octanol–water partition coefficient (Wildman–Crippen LogP) is 5.74. The predicted molar refractivity (Wildman–Crippen MR) is 245 cm³/mol. The quantitative estimate of drug-likeness (QED) is 0.0227. The van der Waals surface area contributed by atoms with Crippen LogP contribution in [-0.4, -0.2) is 119 Å². The van der Waals surface area contributed by atoms with E-state index in [9.17, 15) is 38.4 Å². The van der Waals surface area contributed by atoms with Crippen molar-refractivity contribution >= 4 is 48.1 Å². The molecule has 378 valence electrons. The molecule has 0 bridgehead atoms. The van der Waals surface area contributed by atoms with Crippen LogP contribution >= 0.6 is 0 Å². The van der Waals surface area contributed by atoms with Crippen molar-refractivity contribution in [3.05, 3.63) is 74.2 Å². The van der Waals surface area contributed by atoms with Gasteiger partial charge in [0.15, 0.2) is 0 Å². The van der Waals surface area contributed by atoms with Crippen LogP contribution in [0.1, 0.15) is 81.6 Å². The molecule has 3 amide bonds. The molecule has 0 aliphatic heterocycles. The molecule has 1 aliphatic carbocycles. The maximum Gasteiger partial charge on any atom is 0.431 e. The van der Waals surface area contributed by atoms with Crippen molar-refractivity contribution in [3.63, 3.8) is 0 Å². The molecule has 1 saturated carbocycles. The second-order valence-corrected chi connectivity index (χ2v) is 16.3. The van der Waals surface area contributed by atoms with Crippen molar-refractivity contribution in [1.29, 1.82) is 0 Å². The summed E-state index contributed by atoms with van der Waals surface area (Å²) < 4.78 is 37.2. The summed E-state index contributed by atoms with van der Waals surface area (Å²) in [5, 5.41) is 15.5. The third kappa shape index (κ3) is 28.8. The van der Waals surface area contributed by atoms with Crippen molar-refractivity contribution in [2.75, 3.05) is 59.3 Å². The normalized spacial score (nSPS) is 16.0. The van der Waals surface area contributed by atoms with Gasteiger partial charge >= 0.3 is 48.1 Å². The number of carboxylic acid groups (broad SMARTS) is 1. The molecule has 0 radical (unpaired) electrons. The molecule has 0 aromatic rings. The van der Waals surface area contributed by atoms with E-state index in [4.69, 9.17) is 43.1 Å². The fourth-order valence-corrected chi connectivity index (χ4v) is 6.18. The zero-order valence-electron chi connectivity index (χ0n) is 40.5. The van der Waals surface area contributed by atoms with Gasteiger partial charge in [0.2, 0.25) is 0 Å². The second-order valence-electron chi connectivity index (χ2n) is 16.3. The first-order chi connectivity index (χ1) is 31.4. The molecule has 0 heterocycles. The second kappa shape index (κ2) is 32.9. The zero-order chi connectivity index (χ0) is 51.8. The molecule has 21 nitrogen and oxygen atoms in total. The Kier molecular flexibility index (Phi) is 30.7. The van der Waals surface area contributed by atoms with Crippen LogP contribution in [0.25, 0.3) is 0 Å². The fraction of sp³-hybridized carbons (Fsp3) is 0.565. The highest BCUT2D eigenvalue weighted by Gasteiger charge is 2.42. The molecule has 0 saturated heterocycles. The van der Waals surface area contributed by atoms with Gasteiger partial charge in [-0.15, -0.1) is 0 Å². The lowest BCUT2D eigenvalue weighted by atomic mass is 9.62. The van der Waals surface area contributed by atoms with Crippen LogP contribution < -0.4 is 21.4 Å². The first-order valence-corrected chi connectivity index (χ1v) is 21.3. The summed E-state index contributed by atoms with van der Waals surface area (Å²) in [6, 6.07) is -0.184. The van der Waals surface area contributed by atoms with Crippen LogP contribution in [0.2, 0.25) is 0 Å². The van der Waals surface area contributed by atoms with E-state index >= 15 is 0 Å². The minimum absolute atomic E-state index is 0.0407. The lowest BCUT2D eigenvalue weighted by Crippen LogP contribution is -2.50. The van der Waals surface area contributed by atoms with Gasteiger partial charge in [0.1, 0.15) is 37.9 Å². The monoisotopic (exact) mass is 952 g/mol. The Morgan fingerprint density at radius 1 is 0.746 bits per heavy atom. The Morgan fingerprint density at radius 3 is 1.72 bits per heavy atom. The minimum Gasteiger partial charge on any atom is -0.465 e. The third-order valence-corrected chi connectivity index (χ3v) is 8.86. The number of hydroxylamine groups is 1. The highest BCUT2D eigenvalue weighted by Crippen LogP contribution is 2.45. The molecule has 2 atom stereocenters. The van der Waals surface area contributed by atoms with Crippen molar-refractivity contribution in [1.82, 2.24) is 21.4 Å². The van der Waals surface area contributed by atoms with E-state index in [2.05, 4.69) is 68.2 Å². The Morgan fingerprint density at radius 2 is 1.27 bits per heavy atom. The molecule has 5 N–H and O–H groups in total. The molecule has 21 heteroatoms. The van der Waals surface area contributed by atoms with E-state index < -0.39 is 104 Å². The molecule has 67 heavy (non-hydrogen) atoms. The van der Waals surface area contributed by atoms with Gasteiger partial charge < -0.3 is 59.1 Å². The molecular formula is C46H72N4O17. The van der Waals surface area contributed by atoms with Gasteiger partial charge in [0.25, 0.3) is 0 Å². The van der Waals surface area contributed by atoms with Crippen LogP contribution in [0.15, 0.2) is 74.2 Å². The molecule has 1 rings (SSSR count). The van der Waals surface area contributed by atoms with Crippen LogP contribution in [0.3, 0.4) is 0 Å². The van der Waals surface area contributed by atoms with Crippen LogP contribution in [0.5, 0.6) is 0 Å². The SMILES string of the molecule is C=CC(=O)OCC(COCC(COC(=O)C(=C)NOC(=O)NCC1(C)CC(NC(=O)OCC(C)C)CC(C)(C)C1)=C(C)OC(=O)C=C)(COC(=O)C=C)COC(=O)C=C.CC.CCNC(=O)O. The number of allylic oxidation sites excluding steroid dienone is 1. The summed E-state index contributed by atoms with van der Waals surface area (Å²) in [4.78, 5) is 100. The fourth-order valence-electron chi connectivity index (χ4n) is 6.18. The summed E-state index contributed by atoms with van der Waals surface area (Å²) in [5.41, 5.74) is -0.274. The Hall–Kier alpha value is -6.64. The third-order valence-electron chi connectivity index (χ3n) is 8.86. The van der Waals surface area contributed by atoms with Crippen molar-refractivity contribution in [3.8, 4) is 0 Å². The number of ether oxygens (including phenoxy) is 7. The van der Waals surface area contributed by atoms with Gasteiger partial charge in [-0.3, -0.25) is 0 Å². The summed E-state index contributed by atoms with van der Waals surface area (Å²) in [6.07, 6.45) is 3.25. The molecular weight excluding hydrogens is 881 g/mol. The Bertz CT molecular complexity index is 1700. The number of carbonyl (C=O) groups excluding carboxylic acids is 7. The maximum atomic E-state index is 12.9. The van der Waals surface area contributed by atoms with Gasteiger partial charge in [0.05, 0.1) is 25.2 Å². The number of hydrogen-bond acceptors (Lipinski definition) is 17. The maximum absolute atomic E-state index is 12.9. The zero-order valence-corrected chi connectivity index (χ0v) is 40.5. The van der Waals surface area contributed by atoms with Gasteiger partial charge in [0, 0.05) is 49.0 Å². The summed E-state index contributed by atoms with van der Waals surface area (Å²) in [6.45, 7) is 32.3. The van der Waals surface area contributed by atoms with E-state index in [1.807, 2.05) is 34.6 Å². The van der Waals surface area contributed by atoms with Gasteiger partial charge in [-0.2, -0.15) is 0 Å². The molecule has 0 aromatic heterocycles. The Labute approximate surface area is 393 Å². The number of rotatable bonds is 26. The van der Waals surface area contributed by atoms with Gasteiger partial charge in [-0.1, -0.05) is 81.4 Å². The van der Waals surface area contributed by atoms with Crippen molar-refractivity contribution < 1.29 is 81.5 Å². The lowest BCUT2D eigenvalue weighted by Gasteiger charge is -2.46.